The Morgan fingerprint density at radius 3 is 2.60 bits per heavy atom. The smallest absolute Gasteiger partial charge is 0.276 e. The minimum Gasteiger partial charge on any atom is -0.342 e. The van der Waals surface area contributed by atoms with Gasteiger partial charge in [-0.15, -0.1) is 0 Å². The second kappa shape index (κ2) is 8.42. The highest BCUT2D eigenvalue weighted by atomic mass is 35.5. The number of nitrogens with zero attached hydrogens (tertiary/aromatic N) is 2. The van der Waals surface area contributed by atoms with Crippen LogP contribution in [0.2, 0.25) is 10.0 Å². The van der Waals surface area contributed by atoms with Crippen molar-refractivity contribution in [1.29, 1.82) is 0 Å². The highest BCUT2D eigenvalue weighted by Crippen LogP contribution is 2.30. The second-order valence-electron chi connectivity index (χ2n) is 7.15. The number of aryl methyl sites for hydroxylation is 1. The molecule has 1 N–H and O–H groups in total. The van der Waals surface area contributed by atoms with Gasteiger partial charge in [-0.25, -0.2) is 0 Å². The van der Waals surface area contributed by atoms with Crippen molar-refractivity contribution in [1.82, 2.24) is 14.8 Å². The number of fused-ring (bicyclic) bond motifs is 1. The van der Waals surface area contributed by atoms with Crippen LogP contribution in [0.3, 0.4) is 0 Å². The van der Waals surface area contributed by atoms with Gasteiger partial charge in [0.15, 0.2) is 5.11 Å². The van der Waals surface area contributed by atoms with Crippen molar-refractivity contribution in [2.75, 3.05) is 6.54 Å². The summed E-state index contributed by atoms with van der Waals surface area (Å²) in [6, 6.07) is 11.8. The maximum atomic E-state index is 12.7. The number of aromatic nitrogens is 1. The fraction of sp³-hybridized carbons (Fsp3) is 0.217. The van der Waals surface area contributed by atoms with E-state index in [0.717, 1.165) is 28.5 Å². The molecule has 4 rings (SSSR count). The molecule has 0 atom stereocenters. The summed E-state index contributed by atoms with van der Waals surface area (Å²) in [5.74, 6) is -0.101. The van der Waals surface area contributed by atoms with Crippen molar-refractivity contribution in [3.63, 3.8) is 0 Å². The summed E-state index contributed by atoms with van der Waals surface area (Å²) in [5, 5.41) is 5.82. The lowest BCUT2D eigenvalue weighted by Gasteiger charge is -2.10. The third kappa shape index (κ3) is 3.73. The normalized spacial score (nSPS) is 15.5. The number of nitrogens with one attached hydrogen (secondary N) is 1. The predicted octanol–water partition coefficient (Wildman–Crippen LogP) is 5.64. The zero-order valence-electron chi connectivity index (χ0n) is 16.7. The number of amides is 1. The van der Waals surface area contributed by atoms with Crippen molar-refractivity contribution in [2.45, 2.75) is 26.8 Å². The molecule has 0 unspecified atom stereocenters. The van der Waals surface area contributed by atoms with Gasteiger partial charge in [-0.05, 0) is 54.9 Å². The number of halogens is 2. The quantitative estimate of drug-likeness (QED) is 0.398. The Labute approximate surface area is 191 Å². The molecule has 1 aliphatic rings. The van der Waals surface area contributed by atoms with E-state index in [1.807, 2.05) is 25.1 Å². The Morgan fingerprint density at radius 2 is 1.93 bits per heavy atom. The van der Waals surface area contributed by atoms with Crippen molar-refractivity contribution >= 4 is 63.4 Å². The van der Waals surface area contributed by atoms with Crippen LogP contribution in [0, 0.1) is 0 Å². The molecule has 2 aromatic carbocycles. The van der Waals surface area contributed by atoms with Crippen molar-refractivity contribution in [2.24, 2.45) is 0 Å². The third-order valence-electron chi connectivity index (χ3n) is 5.33. The van der Waals surface area contributed by atoms with Crippen molar-refractivity contribution in [3.8, 4) is 0 Å². The van der Waals surface area contributed by atoms with E-state index >= 15 is 0 Å². The lowest BCUT2D eigenvalue weighted by molar-refractivity contribution is -0.122. The average molecular weight is 458 g/mol. The van der Waals surface area contributed by atoms with Gasteiger partial charge in [0.2, 0.25) is 0 Å². The Hall–Kier alpha value is -2.34. The van der Waals surface area contributed by atoms with Crippen LogP contribution < -0.4 is 5.32 Å². The average Bonchev–Trinajstić information content (AvgIpc) is 3.20. The van der Waals surface area contributed by atoms with E-state index in [4.69, 9.17) is 35.4 Å². The standard InChI is InChI=1S/C23H21Cl2N3OS/c1-3-14-6-5-7-18-16(10-20-22(29)28(4-2)23(30)26-20)13-27(21(14)18)12-15-8-9-17(24)11-19(15)25/h5-11,13H,3-4,12H2,1-2H3,(H,26,30)/b20-10-. The van der Waals surface area contributed by atoms with Gasteiger partial charge in [-0.3, -0.25) is 9.69 Å². The maximum absolute atomic E-state index is 12.7. The molecule has 0 saturated carbocycles. The molecule has 0 spiro atoms. The zero-order chi connectivity index (χ0) is 21.4. The number of thiocarbonyl (C=S) groups is 1. The number of para-hydroxylation sites is 1. The van der Waals surface area contributed by atoms with Gasteiger partial charge in [0.1, 0.15) is 5.70 Å². The molecular weight excluding hydrogens is 437 g/mol. The highest BCUT2D eigenvalue weighted by Gasteiger charge is 2.29. The van der Waals surface area contributed by atoms with Crippen LogP contribution in [0.5, 0.6) is 0 Å². The molecule has 30 heavy (non-hydrogen) atoms. The lowest BCUT2D eigenvalue weighted by atomic mass is 10.1. The molecule has 2 heterocycles. The predicted molar refractivity (Wildman–Crippen MR) is 128 cm³/mol. The van der Waals surface area contributed by atoms with E-state index in [9.17, 15) is 4.79 Å². The van der Waals surface area contributed by atoms with Gasteiger partial charge in [-0.2, -0.15) is 0 Å². The topological polar surface area (TPSA) is 37.3 Å². The number of carbonyl (C=O) groups excluding carboxylic acids is 1. The summed E-state index contributed by atoms with van der Waals surface area (Å²) in [4.78, 5) is 14.2. The number of carbonyl (C=O) groups is 1. The summed E-state index contributed by atoms with van der Waals surface area (Å²) in [6.45, 7) is 5.19. The number of benzene rings is 2. The second-order valence-corrected chi connectivity index (χ2v) is 8.38. The molecule has 1 fully saturated rings. The van der Waals surface area contributed by atoms with Crippen LogP contribution in [0.4, 0.5) is 0 Å². The Balaban J connectivity index is 1.83. The van der Waals surface area contributed by atoms with Crippen LogP contribution >= 0.6 is 35.4 Å². The molecule has 7 heteroatoms. The highest BCUT2D eigenvalue weighted by molar-refractivity contribution is 7.80. The van der Waals surface area contributed by atoms with Crippen LogP contribution in [0.1, 0.15) is 30.5 Å². The maximum Gasteiger partial charge on any atom is 0.276 e. The van der Waals surface area contributed by atoms with Gasteiger partial charge >= 0.3 is 0 Å². The fourth-order valence-electron chi connectivity index (χ4n) is 3.84. The van der Waals surface area contributed by atoms with E-state index in [1.165, 1.54) is 5.56 Å². The summed E-state index contributed by atoms with van der Waals surface area (Å²) < 4.78 is 2.19. The van der Waals surface area contributed by atoms with Crippen LogP contribution in [-0.2, 0) is 17.8 Å². The first-order valence-electron chi connectivity index (χ1n) is 9.82. The third-order valence-corrected chi connectivity index (χ3v) is 6.24. The summed E-state index contributed by atoms with van der Waals surface area (Å²) in [5.41, 5.74) is 4.81. The molecule has 1 amide bonds. The molecule has 0 aliphatic carbocycles. The molecule has 1 saturated heterocycles. The summed E-state index contributed by atoms with van der Waals surface area (Å²) in [6.07, 6.45) is 4.84. The van der Waals surface area contributed by atoms with E-state index in [0.29, 0.717) is 33.9 Å². The Morgan fingerprint density at radius 1 is 1.13 bits per heavy atom. The van der Waals surface area contributed by atoms with Gasteiger partial charge in [0.05, 0.1) is 5.52 Å². The summed E-state index contributed by atoms with van der Waals surface area (Å²) in [7, 11) is 0. The first-order valence-corrected chi connectivity index (χ1v) is 11.0. The van der Waals surface area contributed by atoms with Crippen molar-refractivity contribution in [3.05, 3.63) is 75.0 Å². The lowest BCUT2D eigenvalue weighted by Crippen LogP contribution is -2.30. The fourth-order valence-corrected chi connectivity index (χ4v) is 4.63. The molecule has 1 aromatic heterocycles. The van der Waals surface area contributed by atoms with Gasteiger partial charge in [0, 0.05) is 40.3 Å². The van der Waals surface area contributed by atoms with Crippen LogP contribution in [0.15, 0.2) is 48.3 Å². The molecular formula is C23H21Cl2N3OS. The van der Waals surface area contributed by atoms with Crippen LogP contribution in [0.25, 0.3) is 17.0 Å². The monoisotopic (exact) mass is 457 g/mol. The largest absolute Gasteiger partial charge is 0.342 e. The van der Waals surface area contributed by atoms with Gasteiger partial charge in [-0.1, -0.05) is 54.4 Å². The molecule has 3 aromatic rings. The Kier molecular flexibility index (Phi) is 5.87. The van der Waals surface area contributed by atoms with Gasteiger partial charge in [0.25, 0.3) is 5.91 Å². The van der Waals surface area contributed by atoms with E-state index in [2.05, 4.69) is 41.2 Å². The Bertz CT molecular complexity index is 1200. The molecule has 0 radical (unpaired) electrons. The SMILES string of the molecule is CCc1cccc2c(/C=C3\NC(=S)N(CC)C3=O)cn(Cc3ccc(Cl)cc3Cl)c12. The van der Waals surface area contributed by atoms with E-state index < -0.39 is 0 Å². The minimum atomic E-state index is -0.101. The van der Waals surface area contributed by atoms with E-state index in [-0.39, 0.29) is 5.91 Å². The van der Waals surface area contributed by atoms with Crippen LogP contribution in [-0.4, -0.2) is 27.0 Å². The van der Waals surface area contributed by atoms with E-state index in [1.54, 1.807) is 11.0 Å². The summed E-state index contributed by atoms with van der Waals surface area (Å²) >= 11 is 17.8. The number of rotatable bonds is 5. The minimum absolute atomic E-state index is 0.101. The van der Waals surface area contributed by atoms with Crippen molar-refractivity contribution < 1.29 is 4.79 Å². The van der Waals surface area contributed by atoms with Gasteiger partial charge < -0.3 is 9.88 Å². The number of hydrogen-bond donors (Lipinski definition) is 1. The molecule has 154 valence electrons. The molecule has 0 bridgehead atoms. The first-order chi connectivity index (χ1) is 14.4. The number of hydrogen-bond acceptors (Lipinski definition) is 2. The molecule has 4 nitrogen and oxygen atoms in total. The first kappa shape index (κ1) is 20.9. The number of likely N-dealkylation sites (N-methyl/N-ethyl adjacent to an activating group) is 1. The zero-order valence-corrected chi connectivity index (χ0v) is 19.0. The molecule has 1 aliphatic heterocycles.